The molecule has 2 fully saturated rings. The summed E-state index contributed by atoms with van der Waals surface area (Å²) >= 11 is 0. The summed E-state index contributed by atoms with van der Waals surface area (Å²) in [5, 5.41) is 5.93. The van der Waals surface area contributed by atoms with Crippen LogP contribution in [0.2, 0.25) is 0 Å². The molecule has 0 radical (unpaired) electrons. The number of amides is 2. The van der Waals surface area contributed by atoms with Gasteiger partial charge in [-0.3, -0.25) is 9.59 Å². The summed E-state index contributed by atoms with van der Waals surface area (Å²) in [6, 6.07) is 13.7. The zero-order valence-corrected chi connectivity index (χ0v) is 16.5. The van der Waals surface area contributed by atoms with Crippen molar-refractivity contribution in [2.45, 2.75) is 57.8 Å². The Hall–Kier alpha value is -2.62. The lowest BCUT2D eigenvalue weighted by molar-refractivity contribution is -0.117. The molecule has 4 rings (SSSR count). The summed E-state index contributed by atoms with van der Waals surface area (Å²) in [7, 11) is 0. The molecular weight excluding hydrogens is 348 g/mol. The van der Waals surface area contributed by atoms with Crippen molar-refractivity contribution in [1.82, 2.24) is 0 Å². The van der Waals surface area contributed by atoms with Crippen molar-refractivity contribution in [1.29, 1.82) is 0 Å². The van der Waals surface area contributed by atoms with Gasteiger partial charge in [0.25, 0.3) is 5.91 Å². The van der Waals surface area contributed by atoms with Crippen molar-refractivity contribution < 1.29 is 9.59 Å². The Morgan fingerprint density at radius 2 is 1.57 bits per heavy atom. The third kappa shape index (κ3) is 4.44. The number of aryl methyl sites for hydroxylation is 1. The van der Waals surface area contributed by atoms with E-state index < -0.39 is 0 Å². The lowest BCUT2D eigenvalue weighted by Gasteiger charge is -2.22. The molecule has 4 nitrogen and oxygen atoms in total. The van der Waals surface area contributed by atoms with Crippen molar-refractivity contribution >= 4 is 23.2 Å². The smallest absolute Gasteiger partial charge is 0.255 e. The topological polar surface area (TPSA) is 58.2 Å². The van der Waals surface area contributed by atoms with Crippen molar-refractivity contribution in [2.24, 2.45) is 5.92 Å². The van der Waals surface area contributed by atoms with E-state index in [9.17, 15) is 9.59 Å². The largest absolute Gasteiger partial charge is 0.326 e. The van der Waals surface area contributed by atoms with Gasteiger partial charge < -0.3 is 10.6 Å². The SMILES string of the molecule is Cc1ccc(NC(=O)C2CC2)cc1NC(=O)c1ccc(C2CCCCC2)cc1. The van der Waals surface area contributed by atoms with Crippen molar-refractivity contribution in [3.8, 4) is 0 Å². The van der Waals surface area contributed by atoms with Gasteiger partial charge in [0.05, 0.1) is 0 Å². The van der Waals surface area contributed by atoms with Gasteiger partial charge in [-0.1, -0.05) is 37.5 Å². The van der Waals surface area contributed by atoms with Gasteiger partial charge in [0, 0.05) is 22.9 Å². The Morgan fingerprint density at radius 3 is 2.25 bits per heavy atom. The summed E-state index contributed by atoms with van der Waals surface area (Å²) in [4.78, 5) is 24.7. The first kappa shape index (κ1) is 18.7. The zero-order chi connectivity index (χ0) is 19.5. The third-order valence-electron chi connectivity index (χ3n) is 5.95. The highest BCUT2D eigenvalue weighted by Crippen LogP contribution is 2.33. The Morgan fingerprint density at radius 1 is 0.857 bits per heavy atom. The van der Waals surface area contributed by atoms with E-state index in [1.807, 2.05) is 37.3 Å². The molecule has 0 heterocycles. The summed E-state index contributed by atoms with van der Waals surface area (Å²) < 4.78 is 0. The van der Waals surface area contributed by atoms with Crippen LogP contribution in [0.3, 0.4) is 0 Å². The quantitative estimate of drug-likeness (QED) is 0.709. The standard InChI is InChI=1S/C24H28N2O2/c1-16-7-14-21(25-23(27)19-12-13-19)15-22(16)26-24(28)20-10-8-18(9-11-20)17-5-3-2-4-6-17/h7-11,14-15,17,19H,2-6,12-13H2,1H3,(H,25,27)(H,26,28). The first-order valence-corrected chi connectivity index (χ1v) is 10.4. The molecule has 0 saturated heterocycles. The van der Waals surface area contributed by atoms with Crippen LogP contribution >= 0.6 is 0 Å². The maximum atomic E-state index is 12.7. The highest BCUT2D eigenvalue weighted by atomic mass is 16.2. The number of hydrogen-bond donors (Lipinski definition) is 2. The van der Waals surface area contributed by atoms with Gasteiger partial charge in [0.1, 0.15) is 0 Å². The van der Waals surface area contributed by atoms with Gasteiger partial charge in [0.2, 0.25) is 5.91 Å². The van der Waals surface area contributed by atoms with Crippen LogP contribution in [0, 0.1) is 12.8 Å². The first-order valence-electron chi connectivity index (χ1n) is 10.4. The van der Waals surface area contributed by atoms with Gasteiger partial charge >= 0.3 is 0 Å². The number of benzene rings is 2. The maximum Gasteiger partial charge on any atom is 0.255 e. The number of nitrogens with one attached hydrogen (secondary N) is 2. The van der Waals surface area contributed by atoms with Crippen LogP contribution in [0.5, 0.6) is 0 Å². The van der Waals surface area contributed by atoms with Crippen LogP contribution < -0.4 is 10.6 Å². The lowest BCUT2D eigenvalue weighted by Crippen LogP contribution is -2.15. The van der Waals surface area contributed by atoms with E-state index in [0.29, 0.717) is 11.5 Å². The Kier molecular flexibility index (Phi) is 5.47. The number of anilines is 2. The van der Waals surface area contributed by atoms with Crippen LogP contribution in [0.4, 0.5) is 11.4 Å². The normalized spacial score (nSPS) is 17.2. The number of carbonyl (C=O) groups excluding carboxylic acids is 2. The van der Waals surface area contributed by atoms with Gasteiger partial charge in [-0.25, -0.2) is 0 Å². The molecule has 0 aromatic heterocycles. The molecule has 0 unspecified atom stereocenters. The summed E-state index contributed by atoms with van der Waals surface area (Å²) in [6.45, 7) is 1.95. The molecular formula is C24H28N2O2. The van der Waals surface area contributed by atoms with Crippen LogP contribution in [0.15, 0.2) is 42.5 Å². The molecule has 4 heteroatoms. The number of carbonyl (C=O) groups is 2. The summed E-state index contributed by atoms with van der Waals surface area (Å²) in [5.41, 5.74) is 4.43. The molecule has 2 aliphatic carbocycles. The molecule has 2 aliphatic rings. The molecule has 0 spiro atoms. The van der Waals surface area contributed by atoms with Gasteiger partial charge in [0.15, 0.2) is 0 Å². The lowest BCUT2D eigenvalue weighted by atomic mass is 9.84. The minimum atomic E-state index is -0.121. The second kappa shape index (κ2) is 8.17. The predicted molar refractivity (Wildman–Crippen MR) is 113 cm³/mol. The molecule has 2 saturated carbocycles. The molecule has 28 heavy (non-hydrogen) atoms. The fourth-order valence-electron chi connectivity index (χ4n) is 3.96. The predicted octanol–water partition coefficient (Wildman–Crippen LogP) is 5.64. The second-order valence-corrected chi connectivity index (χ2v) is 8.20. The average Bonchev–Trinajstić information content (AvgIpc) is 3.57. The van der Waals surface area contributed by atoms with Crippen LogP contribution in [0.1, 0.15) is 72.3 Å². The molecule has 146 valence electrons. The van der Waals surface area contributed by atoms with E-state index in [1.165, 1.54) is 37.7 Å². The monoisotopic (exact) mass is 376 g/mol. The van der Waals surface area contributed by atoms with Crippen molar-refractivity contribution in [3.05, 3.63) is 59.2 Å². The fraction of sp³-hybridized carbons (Fsp3) is 0.417. The Bertz CT molecular complexity index is 863. The van der Waals surface area contributed by atoms with Crippen molar-refractivity contribution in [2.75, 3.05) is 10.6 Å². The van der Waals surface area contributed by atoms with Crippen LogP contribution in [-0.4, -0.2) is 11.8 Å². The number of hydrogen-bond acceptors (Lipinski definition) is 2. The van der Waals surface area contributed by atoms with Crippen LogP contribution in [0.25, 0.3) is 0 Å². The first-order chi connectivity index (χ1) is 13.6. The highest BCUT2D eigenvalue weighted by Gasteiger charge is 2.29. The van der Waals surface area contributed by atoms with E-state index in [2.05, 4.69) is 22.8 Å². The van der Waals surface area contributed by atoms with Crippen molar-refractivity contribution in [3.63, 3.8) is 0 Å². The molecule has 2 aromatic rings. The summed E-state index contributed by atoms with van der Waals surface area (Å²) in [6.07, 6.45) is 8.40. The Labute approximate surface area is 166 Å². The maximum absolute atomic E-state index is 12.7. The summed E-state index contributed by atoms with van der Waals surface area (Å²) in [5.74, 6) is 0.741. The Balaban J connectivity index is 1.43. The van der Waals surface area contributed by atoms with E-state index in [0.717, 1.165) is 29.8 Å². The number of rotatable bonds is 5. The molecule has 2 N–H and O–H groups in total. The minimum Gasteiger partial charge on any atom is -0.326 e. The second-order valence-electron chi connectivity index (χ2n) is 8.20. The van der Waals surface area contributed by atoms with Gasteiger partial charge in [-0.15, -0.1) is 0 Å². The fourth-order valence-corrected chi connectivity index (χ4v) is 3.96. The molecule has 0 bridgehead atoms. The highest BCUT2D eigenvalue weighted by molar-refractivity contribution is 6.05. The van der Waals surface area contributed by atoms with Gasteiger partial charge in [-0.05, 0) is 73.9 Å². The third-order valence-corrected chi connectivity index (χ3v) is 5.95. The van der Waals surface area contributed by atoms with Crippen LogP contribution in [-0.2, 0) is 4.79 Å². The molecule has 2 amide bonds. The van der Waals surface area contributed by atoms with E-state index >= 15 is 0 Å². The minimum absolute atomic E-state index is 0.0689. The van der Waals surface area contributed by atoms with E-state index in [-0.39, 0.29) is 17.7 Å². The molecule has 0 aliphatic heterocycles. The molecule has 2 aromatic carbocycles. The average molecular weight is 377 g/mol. The van der Waals surface area contributed by atoms with E-state index in [1.54, 1.807) is 0 Å². The van der Waals surface area contributed by atoms with Gasteiger partial charge in [-0.2, -0.15) is 0 Å². The zero-order valence-electron chi connectivity index (χ0n) is 16.5. The van der Waals surface area contributed by atoms with E-state index in [4.69, 9.17) is 0 Å². The molecule has 0 atom stereocenters.